The van der Waals surface area contributed by atoms with Gasteiger partial charge < -0.3 is 5.32 Å². The number of aromatic nitrogens is 4. The fourth-order valence-electron chi connectivity index (χ4n) is 1.83. The van der Waals surface area contributed by atoms with Crippen molar-refractivity contribution in [2.24, 2.45) is 0 Å². The average Bonchev–Trinajstić information content (AvgIpc) is 2.96. The molecule has 1 aromatic carbocycles. The van der Waals surface area contributed by atoms with Crippen molar-refractivity contribution in [1.82, 2.24) is 20.2 Å². The zero-order chi connectivity index (χ0) is 16.9. The van der Waals surface area contributed by atoms with Crippen molar-refractivity contribution in [3.63, 3.8) is 0 Å². The number of hydrogen-bond acceptors (Lipinski definition) is 6. The first-order chi connectivity index (χ1) is 10.9. The molecule has 8 heteroatoms. The van der Waals surface area contributed by atoms with E-state index >= 15 is 0 Å². The molecule has 1 amide bonds. The number of anilines is 1. The number of benzene rings is 1. The lowest BCUT2D eigenvalue weighted by Gasteiger charge is -2.19. The Bertz CT molecular complexity index is 728. The third-order valence-electron chi connectivity index (χ3n) is 2.96. The van der Waals surface area contributed by atoms with Crippen molar-refractivity contribution < 1.29 is 4.79 Å². The van der Waals surface area contributed by atoms with Gasteiger partial charge in [-0.1, -0.05) is 23.9 Å². The van der Waals surface area contributed by atoms with Crippen LogP contribution in [0.4, 0.5) is 5.69 Å². The second-order valence-electron chi connectivity index (χ2n) is 5.85. The molecule has 7 nitrogen and oxygen atoms in total. The van der Waals surface area contributed by atoms with Gasteiger partial charge in [-0.15, -0.1) is 5.10 Å². The zero-order valence-corrected chi connectivity index (χ0v) is 14.1. The number of tetrazole rings is 1. The Balaban J connectivity index is 1.89. The molecule has 0 spiro atoms. The molecular formula is C15H18N6OS. The summed E-state index contributed by atoms with van der Waals surface area (Å²) in [7, 11) is 0. The van der Waals surface area contributed by atoms with Crippen LogP contribution in [0.1, 0.15) is 32.8 Å². The lowest BCUT2D eigenvalue weighted by molar-refractivity contribution is -0.115. The molecule has 1 N–H and O–H groups in total. The van der Waals surface area contributed by atoms with Crippen molar-refractivity contribution in [1.29, 1.82) is 5.26 Å². The standard InChI is InChI=1S/C15H18N6OS/c1-15(2,3)21-14(18-19-20-21)23-9-8-13(22)17-12-7-5-4-6-11(12)10-16/h4-7H,8-9H2,1-3H3,(H,17,22). The molecule has 0 atom stereocenters. The number of hydrogen-bond donors (Lipinski definition) is 1. The van der Waals surface area contributed by atoms with Crippen LogP contribution in [0, 0.1) is 11.3 Å². The van der Waals surface area contributed by atoms with Gasteiger partial charge in [-0.25, -0.2) is 4.68 Å². The Morgan fingerprint density at radius 2 is 2.13 bits per heavy atom. The molecule has 120 valence electrons. The van der Waals surface area contributed by atoms with Gasteiger partial charge in [0.25, 0.3) is 0 Å². The van der Waals surface area contributed by atoms with Crippen molar-refractivity contribution in [3.8, 4) is 6.07 Å². The molecule has 0 aliphatic carbocycles. The van der Waals surface area contributed by atoms with Crippen molar-refractivity contribution in [2.75, 3.05) is 11.1 Å². The highest BCUT2D eigenvalue weighted by Crippen LogP contribution is 2.22. The minimum atomic E-state index is -0.209. The molecule has 1 heterocycles. The molecule has 0 unspecified atom stereocenters. The van der Waals surface area contributed by atoms with Gasteiger partial charge in [-0.3, -0.25) is 4.79 Å². The third-order valence-corrected chi connectivity index (χ3v) is 3.88. The second kappa shape index (κ2) is 7.24. The quantitative estimate of drug-likeness (QED) is 0.846. The maximum absolute atomic E-state index is 12.0. The van der Waals surface area contributed by atoms with Crippen molar-refractivity contribution in [2.45, 2.75) is 37.9 Å². The number of thioether (sulfide) groups is 1. The van der Waals surface area contributed by atoms with Gasteiger partial charge >= 0.3 is 0 Å². The summed E-state index contributed by atoms with van der Waals surface area (Å²) in [5.41, 5.74) is 0.773. The smallest absolute Gasteiger partial charge is 0.225 e. The summed E-state index contributed by atoms with van der Waals surface area (Å²) >= 11 is 1.43. The third kappa shape index (κ3) is 4.53. The van der Waals surface area contributed by atoms with Crippen LogP contribution >= 0.6 is 11.8 Å². The van der Waals surface area contributed by atoms with Crippen LogP contribution in [0.15, 0.2) is 29.4 Å². The second-order valence-corrected chi connectivity index (χ2v) is 6.91. The van der Waals surface area contributed by atoms with Crippen LogP contribution < -0.4 is 5.32 Å². The van der Waals surface area contributed by atoms with Gasteiger partial charge in [0.15, 0.2) is 0 Å². The highest BCUT2D eigenvalue weighted by Gasteiger charge is 2.20. The van der Waals surface area contributed by atoms with Crippen LogP contribution in [0.5, 0.6) is 0 Å². The molecule has 0 radical (unpaired) electrons. The first-order valence-electron chi connectivity index (χ1n) is 7.12. The predicted molar refractivity (Wildman–Crippen MR) is 87.9 cm³/mol. The normalized spacial score (nSPS) is 11.0. The first kappa shape index (κ1) is 17.0. The van der Waals surface area contributed by atoms with Gasteiger partial charge in [-0.05, 0) is 43.3 Å². The monoisotopic (exact) mass is 330 g/mol. The largest absolute Gasteiger partial charge is 0.325 e. The van der Waals surface area contributed by atoms with Gasteiger partial charge in [0, 0.05) is 12.2 Å². The fourth-order valence-corrected chi connectivity index (χ4v) is 2.82. The molecule has 0 bridgehead atoms. The summed E-state index contributed by atoms with van der Waals surface area (Å²) in [6.07, 6.45) is 0.307. The number of carbonyl (C=O) groups excluding carboxylic acids is 1. The molecule has 0 aliphatic heterocycles. The summed E-state index contributed by atoms with van der Waals surface area (Å²) in [6, 6.07) is 8.97. The van der Waals surface area contributed by atoms with E-state index < -0.39 is 0 Å². The van der Waals surface area contributed by atoms with E-state index in [0.29, 0.717) is 28.6 Å². The van der Waals surface area contributed by atoms with Gasteiger partial charge in [0.05, 0.1) is 16.8 Å². The van der Waals surface area contributed by atoms with E-state index in [1.54, 1.807) is 28.9 Å². The van der Waals surface area contributed by atoms with Gasteiger partial charge in [-0.2, -0.15) is 5.26 Å². The maximum Gasteiger partial charge on any atom is 0.225 e. The van der Waals surface area contributed by atoms with E-state index in [2.05, 4.69) is 26.9 Å². The van der Waals surface area contributed by atoms with E-state index in [4.69, 9.17) is 5.26 Å². The summed E-state index contributed by atoms with van der Waals surface area (Å²) in [4.78, 5) is 12.0. The average molecular weight is 330 g/mol. The van der Waals surface area contributed by atoms with Crippen LogP contribution in [0.25, 0.3) is 0 Å². The van der Waals surface area contributed by atoms with E-state index in [1.807, 2.05) is 20.8 Å². The number of nitriles is 1. The molecule has 23 heavy (non-hydrogen) atoms. The topological polar surface area (TPSA) is 96.5 Å². The highest BCUT2D eigenvalue weighted by molar-refractivity contribution is 7.99. The molecule has 0 aliphatic rings. The molecule has 0 saturated heterocycles. The fraction of sp³-hybridized carbons (Fsp3) is 0.400. The lowest BCUT2D eigenvalue weighted by Crippen LogP contribution is -2.24. The van der Waals surface area contributed by atoms with Crippen molar-refractivity contribution >= 4 is 23.4 Å². The van der Waals surface area contributed by atoms with Crippen LogP contribution in [0.2, 0.25) is 0 Å². The Hall–Kier alpha value is -2.40. The van der Waals surface area contributed by atoms with E-state index in [1.165, 1.54) is 11.8 Å². The summed E-state index contributed by atoms with van der Waals surface area (Å²) in [5.74, 6) is 0.409. The van der Waals surface area contributed by atoms with E-state index in [0.717, 1.165) is 0 Å². The van der Waals surface area contributed by atoms with Crippen LogP contribution in [-0.4, -0.2) is 31.9 Å². The summed E-state index contributed by atoms with van der Waals surface area (Å²) < 4.78 is 1.74. The molecule has 0 saturated carbocycles. The van der Waals surface area contributed by atoms with Gasteiger partial charge in [0.1, 0.15) is 6.07 Å². The lowest BCUT2D eigenvalue weighted by atomic mass is 10.1. The molecule has 0 fully saturated rings. The SMILES string of the molecule is CC(C)(C)n1nnnc1SCCC(=O)Nc1ccccc1C#N. The van der Waals surface area contributed by atoms with E-state index in [9.17, 15) is 4.79 Å². The molecule has 2 rings (SSSR count). The highest BCUT2D eigenvalue weighted by atomic mass is 32.2. The number of nitrogens with zero attached hydrogens (tertiary/aromatic N) is 5. The molecule has 1 aromatic heterocycles. The number of amides is 1. The summed E-state index contributed by atoms with van der Waals surface area (Å²) in [6.45, 7) is 6.04. The predicted octanol–water partition coefficient (Wildman–Crippen LogP) is 2.42. The number of carbonyl (C=O) groups is 1. The Morgan fingerprint density at radius 3 is 2.83 bits per heavy atom. The number of para-hydroxylation sites is 1. The summed E-state index contributed by atoms with van der Waals surface area (Å²) in [5, 5.41) is 24.1. The molecular weight excluding hydrogens is 312 g/mol. The minimum absolute atomic E-state index is 0.144. The van der Waals surface area contributed by atoms with Gasteiger partial charge in [0.2, 0.25) is 11.1 Å². The minimum Gasteiger partial charge on any atom is -0.325 e. The number of nitrogens with one attached hydrogen (secondary N) is 1. The molecule has 2 aromatic rings. The Kier molecular flexibility index (Phi) is 5.34. The van der Waals surface area contributed by atoms with Crippen molar-refractivity contribution in [3.05, 3.63) is 29.8 Å². The Labute approximate surface area is 139 Å². The number of rotatable bonds is 5. The maximum atomic E-state index is 12.0. The van der Waals surface area contributed by atoms with Crippen LogP contribution in [-0.2, 0) is 10.3 Å². The Morgan fingerprint density at radius 1 is 1.39 bits per heavy atom. The van der Waals surface area contributed by atoms with E-state index in [-0.39, 0.29) is 11.4 Å². The zero-order valence-electron chi connectivity index (χ0n) is 13.3. The van der Waals surface area contributed by atoms with Crippen LogP contribution in [0.3, 0.4) is 0 Å². The first-order valence-corrected chi connectivity index (χ1v) is 8.11.